The number of piperidine rings is 1. The van der Waals surface area contributed by atoms with Crippen LogP contribution in [0.15, 0.2) is 18.5 Å². The maximum absolute atomic E-state index is 13.0. The molecule has 1 saturated heterocycles. The standard InChI is InChI=1S/C20H27F3N2O3/c1-18(2,3)28-17(26)25-8-5-19(6-9-25)10-14(11-19)13-27-16-12-24-7-4-15(16)20(21,22)23/h4,7,12,14H,5-6,8-11,13H2,1-3H3. The summed E-state index contributed by atoms with van der Waals surface area (Å²) >= 11 is 0. The number of rotatable bonds is 3. The SMILES string of the molecule is CC(C)(C)OC(=O)N1CCC2(CC1)CC(COc1cnccc1C(F)(F)F)C2. The van der Waals surface area contributed by atoms with Gasteiger partial charge in [0.15, 0.2) is 0 Å². The zero-order chi connectivity index (χ0) is 20.6. The number of likely N-dealkylation sites (tertiary alicyclic amines) is 1. The van der Waals surface area contributed by atoms with Gasteiger partial charge in [-0.1, -0.05) is 0 Å². The van der Waals surface area contributed by atoms with E-state index in [9.17, 15) is 18.0 Å². The van der Waals surface area contributed by atoms with Gasteiger partial charge in [0.2, 0.25) is 0 Å². The van der Waals surface area contributed by atoms with Gasteiger partial charge in [0.05, 0.1) is 12.8 Å². The highest BCUT2D eigenvalue weighted by atomic mass is 19.4. The topological polar surface area (TPSA) is 51.7 Å². The number of alkyl halides is 3. The molecule has 1 saturated carbocycles. The van der Waals surface area contributed by atoms with Crippen LogP contribution in [-0.2, 0) is 10.9 Å². The van der Waals surface area contributed by atoms with Crippen LogP contribution in [0.3, 0.4) is 0 Å². The summed E-state index contributed by atoms with van der Waals surface area (Å²) in [4.78, 5) is 17.6. The maximum atomic E-state index is 13.0. The first-order chi connectivity index (χ1) is 13.0. The van der Waals surface area contributed by atoms with E-state index in [0.29, 0.717) is 13.1 Å². The Morgan fingerprint density at radius 2 is 1.89 bits per heavy atom. The van der Waals surface area contributed by atoms with E-state index >= 15 is 0 Å². The number of halogens is 3. The largest absolute Gasteiger partial charge is 0.491 e. The maximum Gasteiger partial charge on any atom is 0.420 e. The molecule has 0 atom stereocenters. The van der Waals surface area contributed by atoms with Crippen LogP contribution in [0.4, 0.5) is 18.0 Å². The summed E-state index contributed by atoms with van der Waals surface area (Å²) in [5, 5.41) is 0. The van der Waals surface area contributed by atoms with E-state index in [1.807, 2.05) is 20.8 Å². The molecule has 0 radical (unpaired) electrons. The molecule has 2 heterocycles. The first-order valence-electron chi connectivity index (χ1n) is 9.59. The lowest BCUT2D eigenvalue weighted by Gasteiger charge is -2.52. The molecule has 1 aliphatic heterocycles. The highest BCUT2D eigenvalue weighted by Crippen LogP contribution is 2.52. The van der Waals surface area contributed by atoms with E-state index in [1.54, 1.807) is 4.90 Å². The first-order valence-corrected chi connectivity index (χ1v) is 9.59. The third-order valence-electron chi connectivity index (χ3n) is 5.48. The molecule has 0 aromatic carbocycles. The summed E-state index contributed by atoms with van der Waals surface area (Å²) in [5.74, 6) is 0.0186. The van der Waals surface area contributed by atoms with Gasteiger partial charge in [0.1, 0.15) is 16.9 Å². The second kappa shape index (κ2) is 7.44. The van der Waals surface area contributed by atoms with Gasteiger partial charge in [-0.2, -0.15) is 13.2 Å². The second-order valence-electron chi connectivity index (χ2n) is 8.92. The van der Waals surface area contributed by atoms with E-state index in [1.165, 1.54) is 0 Å². The molecule has 2 aliphatic rings. The molecular formula is C20H27F3N2O3. The number of hydrogen-bond acceptors (Lipinski definition) is 4. The molecule has 1 spiro atoms. The fraction of sp³-hybridized carbons (Fsp3) is 0.700. The zero-order valence-corrected chi connectivity index (χ0v) is 16.5. The van der Waals surface area contributed by atoms with Gasteiger partial charge in [-0.05, 0) is 63.9 Å². The predicted octanol–water partition coefficient (Wildman–Crippen LogP) is 4.91. The lowest BCUT2D eigenvalue weighted by atomic mass is 9.58. The van der Waals surface area contributed by atoms with Gasteiger partial charge in [0, 0.05) is 19.3 Å². The molecule has 1 aromatic heterocycles. The van der Waals surface area contributed by atoms with Gasteiger partial charge in [-0.15, -0.1) is 0 Å². The van der Waals surface area contributed by atoms with Crippen molar-refractivity contribution < 1.29 is 27.4 Å². The number of nitrogens with zero attached hydrogens (tertiary/aromatic N) is 2. The molecule has 0 N–H and O–H groups in total. The van der Waals surface area contributed by atoms with Crippen molar-refractivity contribution >= 4 is 6.09 Å². The van der Waals surface area contributed by atoms with Gasteiger partial charge in [0.25, 0.3) is 0 Å². The third kappa shape index (κ3) is 4.89. The molecule has 3 rings (SSSR count). The Balaban J connectivity index is 1.46. The fourth-order valence-corrected chi connectivity index (χ4v) is 4.12. The zero-order valence-electron chi connectivity index (χ0n) is 16.5. The van der Waals surface area contributed by atoms with Crippen LogP contribution in [0.1, 0.15) is 52.0 Å². The summed E-state index contributed by atoms with van der Waals surface area (Å²) in [6, 6.07) is 0.935. The Labute approximate surface area is 163 Å². The molecule has 0 unspecified atom stereocenters. The second-order valence-corrected chi connectivity index (χ2v) is 8.92. The van der Waals surface area contributed by atoms with Crippen LogP contribution >= 0.6 is 0 Å². The normalized spacial score (nSPS) is 20.0. The van der Waals surface area contributed by atoms with Gasteiger partial charge in [-0.3, -0.25) is 4.98 Å². The lowest BCUT2D eigenvalue weighted by molar-refractivity contribution is -0.139. The number of hydrogen-bond donors (Lipinski definition) is 0. The van der Waals surface area contributed by atoms with Crippen molar-refractivity contribution in [3.05, 3.63) is 24.0 Å². The summed E-state index contributed by atoms with van der Waals surface area (Å²) in [6.07, 6.45) is 1.12. The molecule has 1 amide bonds. The average Bonchev–Trinajstić information content (AvgIpc) is 2.56. The molecule has 0 bridgehead atoms. The molecule has 5 nitrogen and oxygen atoms in total. The van der Waals surface area contributed by atoms with Crippen LogP contribution in [0.2, 0.25) is 0 Å². The van der Waals surface area contributed by atoms with Crippen molar-refractivity contribution in [1.82, 2.24) is 9.88 Å². The van der Waals surface area contributed by atoms with Gasteiger partial charge >= 0.3 is 12.3 Å². The number of ether oxygens (including phenoxy) is 2. The van der Waals surface area contributed by atoms with E-state index in [2.05, 4.69) is 4.98 Å². The van der Waals surface area contributed by atoms with Crippen molar-refractivity contribution in [2.24, 2.45) is 11.3 Å². The van der Waals surface area contributed by atoms with Crippen molar-refractivity contribution in [3.63, 3.8) is 0 Å². The Bertz CT molecular complexity index is 699. The Kier molecular flexibility index (Phi) is 5.51. The molecular weight excluding hydrogens is 373 g/mol. The van der Waals surface area contributed by atoms with Crippen LogP contribution in [0, 0.1) is 11.3 Å². The summed E-state index contributed by atoms with van der Waals surface area (Å²) < 4.78 is 49.9. The molecule has 2 fully saturated rings. The number of amides is 1. The lowest BCUT2D eigenvalue weighted by Crippen LogP contribution is -2.50. The van der Waals surface area contributed by atoms with Crippen molar-refractivity contribution in [2.45, 2.75) is 58.2 Å². The fourth-order valence-electron chi connectivity index (χ4n) is 4.12. The van der Waals surface area contributed by atoms with Crippen LogP contribution < -0.4 is 4.74 Å². The van der Waals surface area contributed by atoms with Crippen LogP contribution in [0.25, 0.3) is 0 Å². The van der Waals surface area contributed by atoms with Crippen LogP contribution in [0.5, 0.6) is 5.75 Å². The Hall–Kier alpha value is -1.99. The minimum Gasteiger partial charge on any atom is -0.491 e. The van der Waals surface area contributed by atoms with E-state index in [-0.39, 0.29) is 29.8 Å². The Morgan fingerprint density at radius 1 is 1.25 bits per heavy atom. The summed E-state index contributed by atoms with van der Waals surface area (Å²) in [6.45, 7) is 7.11. The predicted molar refractivity (Wildman–Crippen MR) is 96.9 cm³/mol. The number of carbonyl (C=O) groups is 1. The van der Waals surface area contributed by atoms with Crippen molar-refractivity contribution in [2.75, 3.05) is 19.7 Å². The molecule has 8 heteroatoms. The van der Waals surface area contributed by atoms with Crippen molar-refractivity contribution in [1.29, 1.82) is 0 Å². The van der Waals surface area contributed by atoms with Crippen LogP contribution in [-0.4, -0.2) is 41.3 Å². The van der Waals surface area contributed by atoms with E-state index in [0.717, 1.165) is 44.1 Å². The number of carbonyl (C=O) groups excluding carboxylic acids is 1. The van der Waals surface area contributed by atoms with Gasteiger partial charge in [-0.25, -0.2) is 4.79 Å². The number of aromatic nitrogens is 1. The van der Waals surface area contributed by atoms with Crippen molar-refractivity contribution in [3.8, 4) is 5.75 Å². The van der Waals surface area contributed by atoms with Gasteiger partial charge < -0.3 is 14.4 Å². The highest BCUT2D eigenvalue weighted by Gasteiger charge is 2.47. The minimum atomic E-state index is -4.45. The van der Waals surface area contributed by atoms with E-state index in [4.69, 9.17) is 9.47 Å². The molecule has 28 heavy (non-hydrogen) atoms. The molecule has 1 aliphatic carbocycles. The monoisotopic (exact) mass is 400 g/mol. The first kappa shape index (κ1) is 20.7. The summed E-state index contributed by atoms with van der Waals surface area (Å²) in [7, 11) is 0. The smallest absolute Gasteiger partial charge is 0.420 e. The molecule has 156 valence electrons. The van der Waals surface area contributed by atoms with E-state index < -0.39 is 17.3 Å². The summed E-state index contributed by atoms with van der Waals surface area (Å²) in [5.41, 5.74) is -1.12. The highest BCUT2D eigenvalue weighted by molar-refractivity contribution is 5.68. The Morgan fingerprint density at radius 3 is 2.46 bits per heavy atom. The average molecular weight is 400 g/mol. The minimum absolute atomic E-state index is 0.175. The number of pyridine rings is 1. The third-order valence-corrected chi connectivity index (χ3v) is 5.48. The molecule has 1 aromatic rings. The quantitative estimate of drug-likeness (QED) is 0.724.